The Morgan fingerprint density at radius 2 is 2.02 bits per heavy atom. The van der Waals surface area contributed by atoms with E-state index in [0.29, 0.717) is 35.3 Å². The lowest BCUT2D eigenvalue weighted by molar-refractivity contribution is 0.0740. The number of methoxy groups -OCH3 is 1. The summed E-state index contributed by atoms with van der Waals surface area (Å²) < 4.78 is 39.0. The highest BCUT2D eigenvalue weighted by Crippen LogP contribution is 2.44. The van der Waals surface area contributed by atoms with E-state index in [0.717, 1.165) is 17.8 Å². The van der Waals surface area contributed by atoms with E-state index in [1.165, 1.54) is 23.0 Å². The molecule has 0 unspecified atom stereocenters. The number of amides is 2. The highest BCUT2D eigenvalue weighted by Gasteiger charge is 2.37. The van der Waals surface area contributed by atoms with E-state index >= 15 is 0 Å². The fourth-order valence-corrected chi connectivity index (χ4v) is 6.87. The third kappa shape index (κ3) is 5.80. The summed E-state index contributed by atoms with van der Waals surface area (Å²) in [6.45, 7) is 0.449. The van der Waals surface area contributed by atoms with Crippen LogP contribution in [0.15, 0.2) is 38.9 Å². The van der Waals surface area contributed by atoms with Gasteiger partial charge in [0.2, 0.25) is 0 Å². The van der Waals surface area contributed by atoms with E-state index < -0.39 is 34.2 Å². The van der Waals surface area contributed by atoms with Crippen molar-refractivity contribution in [3.63, 3.8) is 0 Å². The lowest BCUT2D eigenvalue weighted by atomic mass is 10.0. The van der Waals surface area contributed by atoms with Crippen LogP contribution in [0.1, 0.15) is 44.7 Å². The van der Waals surface area contributed by atoms with Gasteiger partial charge in [-0.3, -0.25) is 14.5 Å². The standard InChI is InChI=1S/C28H22Cl3F2N5O5S/c1-42-23-15(10-35)16-12-37(11-14(16)7-18(23)38-5-2-6-43-27(38)41)26(40)21-19(8-20(28(31,32)33)36-25(21)39)44-24-17(29)4-3-13(9-34)22(24)30/h3-4,7-8H,2,5-6,9,11-12,34H2,1H3,(H,36,39). The van der Waals surface area contributed by atoms with E-state index in [9.17, 15) is 28.4 Å². The van der Waals surface area contributed by atoms with Gasteiger partial charge in [0, 0.05) is 36.0 Å². The molecule has 2 aliphatic heterocycles. The Kier molecular flexibility index (Phi) is 9.02. The Balaban J connectivity index is 1.59. The van der Waals surface area contributed by atoms with Gasteiger partial charge < -0.3 is 25.1 Å². The minimum absolute atomic E-state index is 0.0452. The van der Waals surface area contributed by atoms with Crippen LogP contribution in [0, 0.1) is 11.3 Å². The van der Waals surface area contributed by atoms with Crippen LogP contribution in [0.5, 0.6) is 5.75 Å². The molecule has 230 valence electrons. The molecule has 5 rings (SSSR count). The van der Waals surface area contributed by atoms with Crippen LogP contribution in [0.25, 0.3) is 0 Å². The number of aromatic amines is 1. The number of pyridine rings is 1. The number of carbonyl (C=O) groups is 2. The molecule has 0 bridgehead atoms. The van der Waals surface area contributed by atoms with Crippen molar-refractivity contribution < 1.29 is 27.8 Å². The Hall–Kier alpha value is -3.54. The lowest BCUT2D eigenvalue weighted by Crippen LogP contribution is -2.38. The van der Waals surface area contributed by atoms with Crippen LogP contribution in [0.2, 0.25) is 10.0 Å². The summed E-state index contributed by atoms with van der Waals surface area (Å²) in [6, 6.07) is 7.71. The first-order valence-corrected chi connectivity index (χ1v) is 14.9. The summed E-state index contributed by atoms with van der Waals surface area (Å²) in [4.78, 5) is 44.4. The predicted octanol–water partition coefficient (Wildman–Crippen LogP) is 5.96. The summed E-state index contributed by atoms with van der Waals surface area (Å²) >= 11 is 18.8. The molecule has 0 saturated carbocycles. The summed E-state index contributed by atoms with van der Waals surface area (Å²) in [5.74, 6) is -0.690. The molecule has 3 N–H and O–H groups in total. The van der Waals surface area contributed by atoms with Crippen LogP contribution in [0.4, 0.5) is 19.3 Å². The van der Waals surface area contributed by atoms with Crippen LogP contribution in [0.3, 0.4) is 0 Å². The molecule has 10 nitrogen and oxygen atoms in total. The van der Waals surface area contributed by atoms with Crippen molar-refractivity contribution in [2.75, 3.05) is 25.2 Å². The molecule has 0 radical (unpaired) electrons. The maximum absolute atomic E-state index is 14.2. The second-order valence-electron chi connectivity index (χ2n) is 9.74. The van der Waals surface area contributed by atoms with Crippen LogP contribution >= 0.6 is 46.6 Å². The zero-order valence-electron chi connectivity index (χ0n) is 22.8. The predicted molar refractivity (Wildman–Crippen MR) is 160 cm³/mol. The zero-order valence-corrected chi connectivity index (χ0v) is 25.9. The van der Waals surface area contributed by atoms with Crippen molar-refractivity contribution in [3.8, 4) is 11.8 Å². The molecule has 3 heterocycles. The van der Waals surface area contributed by atoms with Crippen molar-refractivity contribution in [2.24, 2.45) is 5.73 Å². The molecule has 2 aromatic carbocycles. The first-order chi connectivity index (χ1) is 20.9. The van der Waals surface area contributed by atoms with Crippen LogP contribution < -0.4 is 20.9 Å². The molecule has 3 aromatic rings. The number of hydrogen-bond donors (Lipinski definition) is 2. The number of hydrogen-bond acceptors (Lipinski definition) is 8. The van der Waals surface area contributed by atoms with Gasteiger partial charge in [-0.25, -0.2) is 4.79 Å². The van der Waals surface area contributed by atoms with Crippen molar-refractivity contribution in [3.05, 3.63) is 78.2 Å². The number of aromatic nitrogens is 1. The quantitative estimate of drug-likeness (QED) is 0.291. The van der Waals surface area contributed by atoms with E-state index in [-0.39, 0.29) is 57.4 Å². The fourth-order valence-electron chi connectivity index (χ4n) is 5.02. The molecule has 0 aliphatic carbocycles. The fraction of sp³-hybridized carbons (Fsp3) is 0.286. The average molecular weight is 685 g/mol. The number of nitrogens with one attached hydrogen (secondary N) is 1. The van der Waals surface area contributed by atoms with Gasteiger partial charge in [0.1, 0.15) is 22.9 Å². The van der Waals surface area contributed by atoms with Gasteiger partial charge in [-0.1, -0.05) is 41.0 Å². The molecule has 0 atom stereocenters. The number of fused-ring (bicyclic) bond motifs is 1. The van der Waals surface area contributed by atoms with Crippen molar-refractivity contribution in [1.29, 1.82) is 5.26 Å². The van der Waals surface area contributed by atoms with Crippen LogP contribution in [-0.4, -0.2) is 42.1 Å². The Morgan fingerprint density at radius 3 is 2.66 bits per heavy atom. The maximum Gasteiger partial charge on any atom is 0.414 e. The number of nitriles is 1. The van der Waals surface area contributed by atoms with E-state index in [1.807, 2.05) is 4.98 Å². The molecule has 1 aromatic heterocycles. The topological polar surface area (TPSA) is 142 Å². The summed E-state index contributed by atoms with van der Waals surface area (Å²) in [7, 11) is 1.35. The third-order valence-corrected chi connectivity index (χ3v) is 9.46. The molecule has 2 amide bonds. The van der Waals surface area contributed by atoms with Crippen molar-refractivity contribution in [1.82, 2.24) is 9.88 Å². The van der Waals surface area contributed by atoms with Gasteiger partial charge in [0.25, 0.3) is 11.5 Å². The molecule has 1 saturated heterocycles. The number of anilines is 1. The Bertz CT molecular complexity index is 1790. The smallest absolute Gasteiger partial charge is 0.414 e. The second kappa shape index (κ2) is 12.5. The van der Waals surface area contributed by atoms with E-state index in [2.05, 4.69) is 6.07 Å². The van der Waals surface area contributed by atoms with E-state index in [4.69, 9.17) is 50.0 Å². The van der Waals surface area contributed by atoms with Gasteiger partial charge in [0.05, 0.1) is 29.4 Å². The first-order valence-electron chi connectivity index (χ1n) is 12.9. The van der Waals surface area contributed by atoms with Gasteiger partial charge >= 0.3 is 11.5 Å². The largest absolute Gasteiger partial charge is 0.493 e. The number of nitrogens with two attached hydrogens (primary N) is 1. The number of nitrogens with zero attached hydrogens (tertiary/aromatic N) is 3. The third-order valence-electron chi connectivity index (χ3n) is 7.11. The summed E-state index contributed by atoms with van der Waals surface area (Å²) in [5, 5.41) is 6.36. The van der Waals surface area contributed by atoms with Crippen molar-refractivity contribution in [2.45, 2.75) is 41.2 Å². The molecule has 44 heavy (non-hydrogen) atoms. The molecule has 0 spiro atoms. The first kappa shape index (κ1) is 31.9. The SMILES string of the molecule is COc1c(N2CCCOC2=O)cc2c(c1C#N)CN(C(=O)c1c(Sc3c(Cl)ccc(CN)c3Cl)cc(C(F)(F)Cl)[nH]c1=O)C2. The highest BCUT2D eigenvalue weighted by atomic mass is 35.5. The minimum Gasteiger partial charge on any atom is -0.493 e. The number of cyclic esters (lactones) is 1. The van der Waals surface area contributed by atoms with Gasteiger partial charge in [-0.15, -0.1) is 0 Å². The zero-order chi connectivity index (χ0) is 31.9. The molecule has 1 fully saturated rings. The summed E-state index contributed by atoms with van der Waals surface area (Å²) in [6.07, 6.45) is -0.0499. The highest BCUT2D eigenvalue weighted by molar-refractivity contribution is 7.99. The minimum atomic E-state index is -3.96. The van der Waals surface area contributed by atoms with Gasteiger partial charge in [-0.05, 0) is 52.9 Å². The molecular formula is C28H22Cl3F2N5O5S. The maximum atomic E-state index is 14.2. The Morgan fingerprint density at radius 1 is 1.27 bits per heavy atom. The number of alkyl halides is 3. The number of rotatable bonds is 7. The number of ether oxygens (including phenoxy) is 2. The van der Waals surface area contributed by atoms with Crippen molar-refractivity contribution >= 4 is 64.3 Å². The average Bonchev–Trinajstić information content (AvgIpc) is 3.41. The number of carbonyl (C=O) groups excluding carboxylic acids is 2. The van der Waals surface area contributed by atoms with E-state index in [1.54, 1.807) is 12.1 Å². The lowest BCUT2D eigenvalue weighted by Gasteiger charge is -2.28. The monoisotopic (exact) mass is 683 g/mol. The van der Waals surface area contributed by atoms with Gasteiger partial charge in [0.15, 0.2) is 5.75 Å². The number of halogens is 5. The second-order valence-corrected chi connectivity index (χ2v) is 12.1. The van der Waals surface area contributed by atoms with Gasteiger partial charge in [-0.2, -0.15) is 14.0 Å². The number of H-pyrrole nitrogens is 1. The molecule has 16 heteroatoms. The summed E-state index contributed by atoms with van der Waals surface area (Å²) in [5.41, 5.74) is 5.10. The molecular weight excluding hydrogens is 663 g/mol. The normalized spacial score (nSPS) is 14.7. The Labute approximate surface area is 268 Å². The number of benzene rings is 2. The molecule has 2 aliphatic rings. The van der Waals surface area contributed by atoms with Crippen LogP contribution in [-0.2, 0) is 29.8 Å².